The van der Waals surface area contributed by atoms with Crippen LogP contribution in [0.1, 0.15) is 43.2 Å². The minimum absolute atomic E-state index is 0.109. The zero-order valence-electron chi connectivity index (χ0n) is 8.92. The van der Waals surface area contributed by atoms with Gasteiger partial charge in [0.05, 0.1) is 0 Å². The second kappa shape index (κ2) is 4.01. The highest BCUT2D eigenvalue weighted by molar-refractivity contribution is 5.41. The SMILES string of the molecule is NC1(c2ccc(C(F)F)cc2O)CCCC1. The second-order valence-electron chi connectivity index (χ2n) is 4.44. The number of halogens is 2. The minimum atomic E-state index is -2.56. The van der Waals surface area contributed by atoms with E-state index in [0.29, 0.717) is 5.56 Å². The fourth-order valence-corrected chi connectivity index (χ4v) is 2.38. The summed E-state index contributed by atoms with van der Waals surface area (Å²) in [5, 5.41) is 9.75. The van der Waals surface area contributed by atoms with Gasteiger partial charge in [-0.05, 0) is 18.9 Å². The highest BCUT2D eigenvalue weighted by Crippen LogP contribution is 2.41. The van der Waals surface area contributed by atoms with Gasteiger partial charge < -0.3 is 10.8 Å². The normalized spacial score (nSPS) is 19.2. The number of alkyl halides is 2. The Morgan fingerprint density at radius 1 is 1.25 bits per heavy atom. The molecule has 0 aromatic heterocycles. The van der Waals surface area contributed by atoms with Crippen LogP contribution < -0.4 is 5.73 Å². The van der Waals surface area contributed by atoms with Crippen LogP contribution in [-0.4, -0.2) is 5.11 Å². The van der Waals surface area contributed by atoms with E-state index in [1.807, 2.05) is 0 Å². The maximum Gasteiger partial charge on any atom is 0.263 e. The van der Waals surface area contributed by atoms with Crippen molar-refractivity contribution in [3.05, 3.63) is 29.3 Å². The third-order valence-corrected chi connectivity index (χ3v) is 3.31. The van der Waals surface area contributed by atoms with Crippen LogP contribution >= 0.6 is 0 Å². The maximum atomic E-state index is 12.4. The van der Waals surface area contributed by atoms with E-state index in [0.717, 1.165) is 31.7 Å². The molecule has 2 rings (SSSR count). The van der Waals surface area contributed by atoms with Gasteiger partial charge in [0.25, 0.3) is 6.43 Å². The summed E-state index contributed by atoms with van der Waals surface area (Å²) >= 11 is 0. The Hall–Kier alpha value is -1.16. The van der Waals surface area contributed by atoms with Gasteiger partial charge in [-0.15, -0.1) is 0 Å². The van der Waals surface area contributed by atoms with Gasteiger partial charge in [-0.3, -0.25) is 0 Å². The van der Waals surface area contributed by atoms with Crippen molar-refractivity contribution in [3.8, 4) is 5.75 Å². The molecule has 1 aromatic rings. The molecule has 0 heterocycles. The zero-order chi connectivity index (χ0) is 11.8. The molecular formula is C12H15F2NO. The molecule has 1 aliphatic rings. The van der Waals surface area contributed by atoms with Crippen molar-refractivity contribution in [2.24, 2.45) is 5.73 Å². The van der Waals surface area contributed by atoms with Gasteiger partial charge in [-0.1, -0.05) is 25.0 Å². The molecule has 1 aromatic carbocycles. The average Bonchev–Trinajstić information content (AvgIpc) is 2.65. The van der Waals surface area contributed by atoms with Gasteiger partial charge >= 0.3 is 0 Å². The van der Waals surface area contributed by atoms with Gasteiger partial charge in [0.15, 0.2) is 0 Å². The fourth-order valence-electron chi connectivity index (χ4n) is 2.38. The van der Waals surface area contributed by atoms with Crippen molar-refractivity contribution in [1.29, 1.82) is 0 Å². The molecule has 2 nitrogen and oxygen atoms in total. The predicted octanol–water partition coefficient (Wildman–Crippen LogP) is 3.06. The molecule has 1 saturated carbocycles. The minimum Gasteiger partial charge on any atom is -0.508 e. The van der Waals surface area contributed by atoms with Crippen molar-refractivity contribution in [1.82, 2.24) is 0 Å². The lowest BCUT2D eigenvalue weighted by molar-refractivity contribution is 0.151. The highest BCUT2D eigenvalue weighted by atomic mass is 19.3. The van der Waals surface area contributed by atoms with E-state index in [4.69, 9.17) is 5.73 Å². The molecule has 0 aliphatic heterocycles. The summed E-state index contributed by atoms with van der Waals surface area (Å²) in [7, 11) is 0. The summed E-state index contributed by atoms with van der Waals surface area (Å²) in [6, 6.07) is 3.99. The molecule has 1 fully saturated rings. The van der Waals surface area contributed by atoms with Crippen molar-refractivity contribution >= 4 is 0 Å². The van der Waals surface area contributed by atoms with Crippen LogP contribution in [0.5, 0.6) is 5.75 Å². The molecule has 0 unspecified atom stereocenters. The third-order valence-electron chi connectivity index (χ3n) is 3.31. The Bertz CT molecular complexity index is 387. The monoisotopic (exact) mass is 227 g/mol. The first-order chi connectivity index (χ1) is 7.53. The Kier molecular flexibility index (Phi) is 2.84. The number of hydrogen-bond acceptors (Lipinski definition) is 2. The van der Waals surface area contributed by atoms with Crippen molar-refractivity contribution in [2.45, 2.75) is 37.6 Å². The average molecular weight is 227 g/mol. The molecule has 0 saturated heterocycles. The number of hydrogen-bond donors (Lipinski definition) is 2. The number of phenolic OH excluding ortho intramolecular Hbond substituents is 1. The van der Waals surface area contributed by atoms with E-state index >= 15 is 0 Å². The molecule has 16 heavy (non-hydrogen) atoms. The molecule has 0 atom stereocenters. The molecule has 1 aliphatic carbocycles. The molecule has 0 spiro atoms. The van der Waals surface area contributed by atoms with E-state index in [-0.39, 0.29) is 11.3 Å². The summed E-state index contributed by atoms with van der Waals surface area (Å²) in [6.45, 7) is 0. The standard InChI is InChI=1S/C12H15F2NO/c13-11(14)8-3-4-9(10(16)7-8)12(15)5-1-2-6-12/h3-4,7,11,16H,1-2,5-6,15H2. The molecule has 0 amide bonds. The highest BCUT2D eigenvalue weighted by Gasteiger charge is 2.33. The van der Waals surface area contributed by atoms with Gasteiger partial charge in [0.1, 0.15) is 5.75 Å². The van der Waals surface area contributed by atoms with Gasteiger partial charge in [-0.25, -0.2) is 8.78 Å². The quantitative estimate of drug-likeness (QED) is 0.815. The van der Waals surface area contributed by atoms with Crippen LogP contribution in [-0.2, 0) is 5.54 Å². The van der Waals surface area contributed by atoms with Crippen LogP contribution in [0.25, 0.3) is 0 Å². The summed E-state index contributed by atoms with van der Waals surface area (Å²) in [6.07, 6.45) is 1.08. The predicted molar refractivity (Wildman–Crippen MR) is 57.4 cm³/mol. The summed E-state index contributed by atoms with van der Waals surface area (Å²) < 4.78 is 24.8. The van der Waals surface area contributed by atoms with Crippen molar-refractivity contribution < 1.29 is 13.9 Å². The van der Waals surface area contributed by atoms with Crippen LogP contribution in [0, 0.1) is 0 Å². The van der Waals surface area contributed by atoms with Gasteiger partial charge in [-0.2, -0.15) is 0 Å². The number of benzene rings is 1. The van der Waals surface area contributed by atoms with Gasteiger partial charge in [0.2, 0.25) is 0 Å². The number of rotatable bonds is 2. The van der Waals surface area contributed by atoms with Crippen LogP contribution in [0.2, 0.25) is 0 Å². The Balaban J connectivity index is 2.35. The second-order valence-corrected chi connectivity index (χ2v) is 4.44. The summed E-state index contributed by atoms with van der Waals surface area (Å²) in [4.78, 5) is 0. The maximum absolute atomic E-state index is 12.4. The van der Waals surface area contributed by atoms with E-state index in [1.54, 1.807) is 0 Å². The first kappa shape index (κ1) is 11.3. The first-order valence-corrected chi connectivity index (χ1v) is 5.43. The molecule has 4 heteroatoms. The smallest absolute Gasteiger partial charge is 0.263 e. The molecule has 0 bridgehead atoms. The third kappa shape index (κ3) is 1.89. The van der Waals surface area contributed by atoms with Crippen LogP contribution in [0.15, 0.2) is 18.2 Å². The molecular weight excluding hydrogens is 212 g/mol. The summed E-state index contributed by atoms with van der Waals surface area (Å²) in [5.41, 5.74) is 6.05. The number of phenols is 1. The Morgan fingerprint density at radius 2 is 1.88 bits per heavy atom. The lowest BCUT2D eigenvalue weighted by Gasteiger charge is -2.25. The topological polar surface area (TPSA) is 46.2 Å². The zero-order valence-corrected chi connectivity index (χ0v) is 8.92. The van der Waals surface area contributed by atoms with Crippen molar-refractivity contribution in [3.63, 3.8) is 0 Å². The van der Waals surface area contributed by atoms with E-state index in [9.17, 15) is 13.9 Å². The molecule has 0 radical (unpaired) electrons. The number of nitrogens with two attached hydrogens (primary N) is 1. The molecule has 88 valence electrons. The Morgan fingerprint density at radius 3 is 2.38 bits per heavy atom. The Labute approximate surface area is 93.1 Å². The van der Waals surface area contributed by atoms with E-state index < -0.39 is 12.0 Å². The number of aromatic hydroxyl groups is 1. The molecule has 3 N–H and O–H groups in total. The van der Waals surface area contributed by atoms with Crippen molar-refractivity contribution in [2.75, 3.05) is 0 Å². The fraction of sp³-hybridized carbons (Fsp3) is 0.500. The van der Waals surface area contributed by atoms with Crippen LogP contribution in [0.3, 0.4) is 0 Å². The van der Waals surface area contributed by atoms with E-state index in [2.05, 4.69) is 0 Å². The summed E-state index contributed by atoms with van der Waals surface area (Å²) in [5.74, 6) is -0.109. The van der Waals surface area contributed by atoms with E-state index in [1.165, 1.54) is 12.1 Å². The lowest BCUT2D eigenvalue weighted by Crippen LogP contribution is -2.33. The first-order valence-electron chi connectivity index (χ1n) is 5.43. The van der Waals surface area contributed by atoms with Crippen LogP contribution in [0.4, 0.5) is 8.78 Å². The van der Waals surface area contributed by atoms with Gasteiger partial charge in [0, 0.05) is 16.7 Å². The largest absolute Gasteiger partial charge is 0.508 e. The lowest BCUT2D eigenvalue weighted by atomic mass is 9.88.